The molecule has 0 spiro atoms. The maximum atomic E-state index is 5.42. The van der Waals surface area contributed by atoms with Crippen molar-refractivity contribution in [2.24, 2.45) is 4.99 Å². The topological polar surface area (TPSA) is 64.1 Å². The molecule has 7 heteroatoms. The lowest BCUT2D eigenvalue weighted by Crippen LogP contribution is -2.37. The highest BCUT2D eigenvalue weighted by atomic mass is 127. The fourth-order valence-corrected chi connectivity index (χ4v) is 2.64. The van der Waals surface area contributed by atoms with Gasteiger partial charge in [0.15, 0.2) is 5.96 Å². The Hall–Kier alpha value is -2.16. The average Bonchev–Trinajstić information content (AvgIpc) is 2.70. The summed E-state index contributed by atoms with van der Waals surface area (Å²) < 4.78 is 16.1. The number of methoxy groups -OCH3 is 3. The third-order valence-corrected chi connectivity index (χ3v) is 4.04. The largest absolute Gasteiger partial charge is 0.497 e. The molecule has 0 aliphatic rings. The molecule has 0 aliphatic carbocycles. The zero-order valence-corrected chi connectivity index (χ0v) is 18.6. The van der Waals surface area contributed by atoms with E-state index in [0.29, 0.717) is 6.54 Å². The SMILES string of the molecule is CN=C(NCCc1cc(OC)ccc1OC)NCc1ccccc1OC.I. The molecule has 0 atom stereocenters. The molecule has 0 amide bonds. The van der Waals surface area contributed by atoms with Crippen LogP contribution in [0, 0.1) is 0 Å². The van der Waals surface area contributed by atoms with E-state index in [-0.39, 0.29) is 24.0 Å². The third-order valence-electron chi connectivity index (χ3n) is 4.04. The van der Waals surface area contributed by atoms with Gasteiger partial charge in [0.2, 0.25) is 0 Å². The predicted octanol–water partition coefficient (Wildman–Crippen LogP) is 3.24. The Balaban J connectivity index is 0.00000364. The number of ether oxygens (including phenoxy) is 3. The lowest BCUT2D eigenvalue weighted by atomic mass is 10.1. The Morgan fingerprint density at radius 3 is 2.26 bits per heavy atom. The third kappa shape index (κ3) is 6.82. The predicted molar refractivity (Wildman–Crippen MR) is 120 cm³/mol. The molecule has 0 unspecified atom stereocenters. The van der Waals surface area contributed by atoms with Crippen molar-refractivity contribution in [1.82, 2.24) is 10.6 Å². The van der Waals surface area contributed by atoms with Crippen LogP contribution in [0.3, 0.4) is 0 Å². The van der Waals surface area contributed by atoms with Crippen LogP contribution in [-0.4, -0.2) is 40.9 Å². The van der Waals surface area contributed by atoms with Gasteiger partial charge in [0.1, 0.15) is 17.2 Å². The molecule has 6 nitrogen and oxygen atoms in total. The summed E-state index contributed by atoms with van der Waals surface area (Å²) in [5, 5.41) is 6.62. The minimum Gasteiger partial charge on any atom is -0.497 e. The van der Waals surface area contributed by atoms with Crippen molar-refractivity contribution in [2.45, 2.75) is 13.0 Å². The maximum Gasteiger partial charge on any atom is 0.191 e. The van der Waals surface area contributed by atoms with Gasteiger partial charge in [0, 0.05) is 25.7 Å². The molecule has 0 saturated heterocycles. The van der Waals surface area contributed by atoms with Gasteiger partial charge < -0.3 is 24.8 Å². The molecule has 2 rings (SSSR count). The number of hydrogen-bond acceptors (Lipinski definition) is 4. The second kappa shape index (κ2) is 12.3. The van der Waals surface area contributed by atoms with Crippen LogP contribution in [0.15, 0.2) is 47.5 Å². The fraction of sp³-hybridized carbons (Fsp3) is 0.350. The summed E-state index contributed by atoms with van der Waals surface area (Å²) in [5.74, 6) is 3.26. The number of nitrogens with zero attached hydrogens (tertiary/aromatic N) is 1. The lowest BCUT2D eigenvalue weighted by molar-refractivity contribution is 0.398. The standard InChI is InChI=1S/C20H27N3O3.HI/c1-21-20(23-14-16-7-5-6-8-18(16)25-3)22-12-11-15-13-17(24-2)9-10-19(15)26-4;/h5-10,13H,11-12,14H2,1-4H3,(H2,21,22,23);1H. The van der Waals surface area contributed by atoms with Gasteiger partial charge in [-0.3, -0.25) is 4.99 Å². The summed E-state index contributed by atoms with van der Waals surface area (Å²) in [5.41, 5.74) is 2.16. The number of benzene rings is 2. The first-order valence-electron chi connectivity index (χ1n) is 8.49. The quantitative estimate of drug-likeness (QED) is 0.342. The minimum absolute atomic E-state index is 0. The summed E-state index contributed by atoms with van der Waals surface area (Å²) in [6.45, 7) is 1.35. The number of rotatable bonds is 8. The highest BCUT2D eigenvalue weighted by Crippen LogP contribution is 2.24. The Morgan fingerprint density at radius 1 is 0.889 bits per heavy atom. The molecule has 0 aromatic heterocycles. The molecular weight excluding hydrogens is 457 g/mol. The van der Waals surface area contributed by atoms with Crippen molar-refractivity contribution in [3.63, 3.8) is 0 Å². The Labute approximate surface area is 178 Å². The summed E-state index contributed by atoms with van der Waals surface area (Å²) in [6, 6.07) is 13.7. The Morgan fingerprint density at radius 2 is 1.59 bits per heavy atom. The van der Waals surface area contributed by atoms with Gasteiger partial charge in [0.25, 0.3) is 0 Å². The first-order chi connectivity index (χ1) is 12.7. The van der Waals surface area contributed by atoms with Gasteiger partial charge in [-0.15, -0.1) is 24.0 Å². The Bertz CT molecular complexity index is 738. The monoisotopic (exact) mass is 485 g/mol. The smallest absolute Gasteiger partial charge is 0.191 e. The van der Waals surface area contributed by atoms with Gasteiger partial charge >= 0.3 is 0 Å². The van der Waals surface area contributed by atoms with Gasteiger partial charge in [-0.2, -0.15) is 0 Å². The van der Waals surface area contributed by atoms with E-state index in [9.17, 15) is 0 Å². The molecule has 0 aliphatic heterocycles. The van der Waals surface area contributed by atoms with Crippen LogP contribution < -0.4 is 24.8 Å². The van der Waals surface area contributed by atoms with Crippen LogP contribution in [0.2, 0.25) is 0 Å². The van der Waals surface area contributed by atoms with Gasteiger partial charge in [-0.1, -0.05) is 18.2 Å². The highest BCUT2D eigenvalue weighted by molar-refractivity contribution is 14.0. The van der Waals surface area contributed by atoms with Gasteiger partial charge in [-0.05, 0) is 36.2 Å². The van der Waals surface area contributed by atoms with Crippen LogP contribution in [0.5, 0.6) is 17.2 Å². The fourth-order valence-electron chi connectivity index (χ4n) is 2.64. The molecule has 2 aromatic carbocycles. The average molecular weight is 485 g/mol. The normalized spacial score (nSPS) is 10.6. The maximum absolute atomic E-state index is 5.42. The number of guanidine groups is 1. The van der Waals surface area contributed by atoms with Crippen molar-refractivity contribution < 1.29 is 14.2 Å². The van der Waals surface area contributed by atoms with E-state index in [4.69, 9.17) is 14.2 Å². The lowest BCUT2D eigenvalue weighted by Gasteiger charge is -2.15. The number of nitrogens with one attached hydrogen (secondary N) is 2. The molecule has 0 saturated carbocycles. The van der Waals surface area contributed by atoms with Crippen LogP contribution in [0.4, 0.5) is 0 Å². The van der Waals surface area contributed by atoms with E-state index < -0.39 is 0 Å². The first-order valence-corrected chi connectivity index (χ1v) is 8.49. The second-order valence-electron chi connectivity index (χ2n) is 5.59. The number of aliphatic imine (C=N–C) groups is 1. The van der Waals surface area contributed by atoms with Crippen molar-refractivity contribution in [1.29, 1.82) is 0 Å². The summed E-state index contributed by atoms with van der Waals surface area (Å²) in [6.07, 6.45) is 0.787. The molecule has 2 N–H and O–H groups in total. The van der Waals surface area contributed by atoms with E-state index in [1.54, 1.807) is 28.4 Å². The molecule has 0 fully saturated rings. The van der Waals surface area contributed by atoms with Crippen LogP contribution in [0.25, 0.3) is 0 Å². The van der Waals surface area contributed by atoms with E-state index >= 15 is 0 Å². The van der Waals surface area contributed by atoms with Crippen molar-refractivity contribution in [2.75, 3.05) is 34.9 Å². The number of hydrogen-bond donors (Lipinski definition) is 2. The minimum atomic E-state index is 0. The molecular formula is C20H28IN3O3. The zero-order valence-electron chi connectivity index (χ0n) is 16.2. The van der Waals surface area contributed by atoms with Crippen LogP contribution >= 0.6 is 24.0 Å². The van der Waals surface area contributed by atoms with Crippen LogP contribution in [-0.2, 0) is 13.0 Å². The van der Waals surface area contributed by atoms with E-state index in [1.165, 1.54) is 0 Å². The molecule has 2 aromatic rings. The van der Waals surface area contributed by atoms with Gasteiger partial charge in [-0.25, -0.2) is 0 Å². The molecule has 0 radical (unpaired) electrons. The zero-order chi connectivity index (χ0) is 18.8. The molecule has 0 heterocycles. The second-order valence-corrected chi connectivity index (χ2v) is 5.59. The van der Waals surface area contributed by atoms with E-state index in [0.717, 1.165) is 47.3 Å². The summed E-state index contributed by atoms with van der Waals surface area (Å²) in [7, 11) is 6.76. The molecule has 0 bridgehead atoms. The van der Waals surface area contributed by atoms with Crippen LogP contribution in [0.1, 0.15) is 11.1 Å². The highest BCUT2D eigenvalue weighted by Gasteiger charge is 2.07. The first kappa shape index (κ1) is 22.9. The van der Waals surface area contributed by atoms with Crippen molar-refractivity contribution in [3.05, 3.63) is 53.6 Å². The van der Waals surface area contributed by atoms with Crippen molar-refractivity contribution >= 4 is 29.9 Å². The van der Waals surface area contributed by atoms with Gasteiger partial charge in [0.05, 0.1) is 21.3 Å². The van der Waals surface area contributed by atoms with Crippen molar-refractivity contribution in [3.8, 4) is 17.2 Å². The molecule has 27 heavy (non-hydrogen) atoms. The molecule has 148 valence electrons. The Kier molecular flexibility index (Phi) is 10.4. The summed E-state index contributed by atoms with van der Waals surface area (Å²) >= 11 is 0. The number of para-hydroxylation sites is 1. The summed E-state index contributed by atoms with van der Waals surface area (Å²) in [4.78, 5) is 4.26. The van der Waals surface area contributed by atoms with E-state index in [1.807, 2.05) is 42.5 Å². The van der Waals surface area contributed by atoms with E-state index in [2.05, 4.69) is 15.6 Å². The number of halogens is 1.